The van der Waals surface area contributed by atoms with E-state index < -0.39 is 0 Å². The highest BCUT2D eigenvalue weighted by Crippen LogP contribution is 2.37. The van der Waals surface area contributed by atoms with Crippen LogP contribution in [0.2, 0.25) is 0 Å². The number of rotatable bonds is 2. The van der Waals surface area contributed by atoms with Crippen molar-refractivity contribution in [1.29, 1.82) is 0 Å². The zero-order chi connectivity index (χ0) is 15.0. The summed E-state index contributed by atoms with van der Waals surface area (Å²) in [4.78, 5) is 14.5. The van der Waals surface area contributed by atoms with Crippen LogP contribution in [-0.4, -0.2) is 11.3 Å². The van der Waals surface area contributed by atoms with Crippen molar-refractivity contribution in [2.24, 2.45) is 0 Å². The van der Waals surface area contributed by atoms with E-state index in [1.165, 1.54) is 26.8 Å². The van der Waals surface area contributed by atoms with Gasteiger partial charge in [-0.1, -0.05) is 20.8 Å². The Labute approximate surface area is 128 Å². The fraction of sp³-hybridized carbons (Fsp3) is 0.562. The van der Waals surface area contributed by atoms with Gasteiger partial charge in [0.25, 0.3) is 5.56 Å². The first-order valence-electron chi connectivity index (χ1n) is 7.45. The number of thiophene rings is 1. The molecule has 3 rings (SSSR count). The fourth-order valence-electron chi connectivity index (χ4n) is 2.82. The van der Waals surface area contributed by atoms with Crippen molar-refractivity contribution in [3.63, 3.8) is 0 Å². The molecular formula is C16H22N2O2S. The van der Waals surface area contributed by atoms with Gasteiger partial charge in [0.2, 0.25) is 0 Å². The van der Waals surface area contributed by atoms with E-state index >= 15 is 0 Å². The van der Waals surface area contributed by atoms with E-state index in [1.54, 1.807) is 0 Å². The van der Waals surface area contributed by atoms with Crippen LogP contribution in [0.1, 0.15) is 55.5 Å². The second kappa shape index (κ2) is 5.46. The molecule has 0 aliphatic carbocycles. The maximum Gasteiger partial charge on any atom is 0.282 e. The number of hydrogen-bond donors (Lipinski definition) is 1. The van der Waals surface area contributed by atoms with Crippen molar-refractivity contribution >= 4 is 11.3 Å². The summed E-state index contributed by atoms with van der Waals surface area (Å²) in [5.41, 5.74) is 0.150. The Balaban J connectivity index is 1.79. The second-order valence-corrected chi connectivity index (χ2v) is 7.82. The molecule has 0 radical (unpaired) electrons. The lowest BCUT2D eigenvalue weighted by Gasteiger charge is -2.29. The quantitative estimate of drug-likeness (QED) is 0.924. The molecule has 1 aliphatic rings. The van der Waals surface area contributed by atoms with Gasteiger partial charge >= 0.3 is 0 Å². The molecule has 1 saturated heterocycles. The fourth-order valence-corrected chi connectivity index (χ4v) is 3.97. The van der Waals surface area contributed by atoms with E-state index in [9.17, 15) is 4.79 Å². The average Bonchev–Trinajstić information content (AvgIpc) is 3.06. The molecule has 1 N–H and O–H groups in total. The lowest BCUT2D eigenvalue weighted by molar-refractivity contribution is 0.162. The molecule has 0 spiro atoms. The van der Waals surface area contributed by atoms with Gasteiger partial charge in [0.1, 0.15) is 6.26 Å². The minimum absolute atomic E-state index is 0.0396. The standard InChI is InChI=1S/C16H22N2O2S/c1-16(2,3)14-5-4-13(21-14)12-10-11(6-8-17-12)18-15(19)7-9-20-18/h4-5,7,9,11-12,17H,6,8,10H2,1-3H3/t11-,12+/m0/s1. The lowest BCUT2D eigenvalue weighted by atomic mass is 9.94. The highest BCUT2D eigenvalue weighted by Gasteiger charge is 2.28. The molecule has 0 aromatic carbocycles. The van der Waals surface area contributed by atoms with E-state index in [2.05, 4.69) is 38.2 Å². The highest BCUT2D eigenvalue weighted by molar-refractivity contribution is 7.12. The zero-order valence-electron chi connectivity index (χ0n) is 12.8. The average molecular weight is 306 g/mol. The van der Waals surface area contributed by atoms with Crippen LogP contribution in [0.4, 0.5) is 0 Å². The van der Waals surface area contributed by atoms with Crippen molar-refractivity contribution < 1.29 is 4.52 Å². The number of piperidine rings is 1. The summed E-state index contributed by atoms with van der Waals surface area (Å²) in [6.45, 7) is 7.62. The maximum atomic E-state index is 11.7. The molecule has 2 aromatic rings. The number of aromatic nitrogens is 1. The van der Waals surface area contributed by atoms with Crippen LogP contribution < -0.4 is 10.9 Å². The van der Waals surface area contributed by atoms with E-state index in [0.29, 0.717) is 6.04 Å². The van der Waals surface area contributed by atoms with Crippen LogP contribution in [0.5, 0.6) is 0 Å². The number of hydrogen-bond acceptors (Lipinski definition) is 4. The molecule has 2 atom stereocenters. The molecular weight excluding hydrogens is 284 g/mol. The second-order valence-electron chi connectivity index (χ2n) is 6.71. The highest BCUT2D eigenvalue weighted by atomic mass is 32.1. The van der Waals surface area contributed by atoms with E-state index in [0.717, 1.165) is 19.4 Å². The van der Waals surface area contributed by atoms with Crippen LogP contribution in [0.3, 0.4) is 0 Å². The molecule has 0 amide bonds. The third-order valence-electron chi connectivity index (χ3n) is 4.02. The molecule has 0 unspecified atom stereocenters. The van der Waals surface area contributed by atoms with Gasteiger partial charge in [-0.05, 0) is 36.9 Å². The summed E-state index contributed by atoms with van der Waals surface area (Å²) in [6, 6.07) is 6.39. The summed E-state index contributed by atoms with van der Waals surface area (Å²) in [5.74, 6) is 0. The van der Waals surface area contributed by atoms with Crippen molar-refractivity contribution in [3.8, 4) is 0 Å². The SMILES string of the molecule is CC(C)(C)c1ccc([C@H]2C[C@@H](n3occc3=O)CCN2)s1. The van der Waals surface area contributed by atoms with Gasteiger partial charge < -0.3 is 9.84 Å². The van der Waals surface area contributed by atoms with Crippen LogP contribution in [0.15, 0.2) is 33.8 Å². The smallest absolute Gasteiger partial charge is 0.282 e. The van der Waals surface area contributed by atoms with E-state index in [1.807, 2.05) is 11.3 Å². The summed E-state index contributed by atoms with van der Waals surface area (Å²) < 4.78 is 6.85. The van der Waals surface area contributed by atoms with Crippen LogP contribution in [0.25, 0.3) is 0 Å². The van der Waals surface area contributed by atoms with E-state index in [-0.39, 0.29) is 17.0 Å². The minimum Gasteiger partial charge on any atom is -0.384 e. The van der Waals surface area contributed by atoms with Gasteiger partial charge in [0, 0.05) is 21.9 Å². The third-order valence-corrected chi connectivity index (χ3v) is 5.64. The predicted octanol–water partition coefficient (Wildman–Crippen LogP) is 3.47. The molecule has 21 heavy (non-hydrogen) atoms. The van der Waals surface area contributed by atoms with Gasteiger partial charge in [-0.2, -0.15) is 4.74 Å². The van der Waals surface area contributed by atoms with Crippen molar-refractivity contribution in [3.05, 3.63) is 44.6 Å². The molecule has 1 fully saturated rings. The Bertz CT molecular complexity index is 662. The zero-order valence-corrected chi connectivity index (χ0v) is 13.6. The Kier molecular flexibility index (Phi) is 3.80. The van der Waals surface area contributed by atoms with Crippen molar-refractivity contribution in [2.45, 2.75) is 51.1 Å². The molecule has 2 aromatic heterocycles. The molecule has 0 bridgehead atoms. The third kappa shape index (κ3) is 2.99. The Hall–Kier alpha value is -1.33. The van der Waals surface area contributed by atoms with Gasteiger partial charge in [0.15, 0.2) is 0 Å². The number of nitrogens with zero attached hydrogens (tertiary/aromatic N) is 1. The first-order chi connectivity index (χ1) is 9.95. The molecule has 4 nitrogen and oxygen atoms in total. The Morgan fingerprint density at radius 3 is 2.76 bits per heavy atom. The summed E-state index contributed by atoms with van der Waals surface area (Å²) in [7, 11) is 0. The Morgan fingerprint density at radius 2 is 2.14 bits per heavy atom. The predicted molar refractivity (Wildman–Crippen MR) is 85.0 cm³/mol. The summed E-state index contributed by atoms with van der Waals surface area (Å²) in [5, 5.41) is 3.56. The molecule has 0 saturated carbocycles. The Morgan fingerprint density at radius 1 is 1.33 bits per heavy atom. The first-order valence-corrected chi connectivity index (χ1v) is 8.27. The van der Waals surface area contributed by atoms with Gasteiger partial charge in [-0.3, -0.25) is 4.79 Å². The first kappa shape index (κ1) is 14.6. The summed E-state index contributed by atoms with van der Waals surface area (Å²) >= 11 is 1.87. The summed E-state index contributed by atoms with van der Waals surface area (Å²) in [6.07, 6.45) is 3.31. The maximum absolute atomic E-state index is 11.7. The van der Waals surface area contributed by atoms with Gasteiger partial charge in [0.05, 0.1) is 6.04 Å². The largest absolute Gasteiger partial charge is 0.384 e. The minimum atomic E-state index is -0.0396. The molecule has 1 aliphatic heterocycles. The van der Waals surface area contributed by atoms with Crippen LogP contribution in [0, 0.1) is 0 Å². The molecule has 3 heterocycles. The molecule has 114 valence electrons. The van der Waals surface area contributed by atoms with Crippen molar-refractivity contribution in [1.82, 2.24) is 10.1 Å². The monoisotopic (exact) mass is 306 g/mol. The number of nitrogens with one attached hydrogen (secondary N) is 1. The van der Waals surface area contributed by atoms with Crippen molar-refractivity contribution in [2.75, 3.05) is 6.54 Å². The van der Waals surface area contributed by atoms with Gasteiger partial charge in [-0.15, -0.1) is 11.3 Å². The van der Waals surface area contributed by atoms with Crippen LogP contribution >= 0.6 is 11.3 Å². The van der Waals surface area contributed by atoms with E-state index in [4.69, 9.17) is 4.52 Å². The topological polar surface area (TPSA) is 47.2 Å². The van der Waals surface area contributed by atoms with Gasteiger partial charge in [-0.25, -0.2) is 0 Å². The van der Waals surface area contributed by atoms with Crippen LogP contribution in [-0.2, 0) is 5.41 Å². The lowest BCUT2D eigenvalue weighted by Crippen LogP contribution is -2.34. The molecule has 5 heteroatoms. The normalized spacial score (nSPS) is 23.4.